The van der Waals surface area contributed by atoms with Crippen LogP contribution in [0, 0.1) is 0 Å². The van der Waals surface area contributed by atoms with E-state index in [0.29, 0.717) is 5.16 Å². The van der Waals surface area contributed by atoms with E-state index in [9.17, 15) is 8.78 Å². The van der Waals surface area contributed by atoms with E-state index < -0.39 is 6.43 Å². The smallest absolute Gasteiger partial charge is 0.268 e. The fourth-order valence-electron chi connectivity index (χ4n) is 0.654. The molecule has 0 saturated carbocycles. The summed E-state index contributed by atoms with van der Waals surface area (Å²) < 4.78 is 24.2. The SMILES string of the molecule is CSc1ncc(C(F)F)c(N)n1. The maximum Gasteiger partial charge on any atom is 0.268 e. The van der Waals surface area contributed by atoms with Crippen molar-refractivity contribution in [2.75, 3.05) is 12.0 Å². The number of thioether (sulfide) groups is 1. The molecule has 0 radical (unpaired) electrons. The van der Waals surface area contributed by atoms with Gasteiger partial charge in [0.25, 0.3) is 6.43 Å². The molecule has 0 spiro atoms. The van der Waals surface area contributed by atoms with Crippen LogP contribution in [0.15, 0.2) is 11.4 Å². The number of aromatic nitrogens is 2. The molecule has 0 amide bonds. The summed E-state index contributed by atoms with van der Waals surface area (Å²) in [6, 6.07) is 0. The highest BCUT2D eigenvalue weighted by atomic mass is 32.2. The number of anilines is 1. The number of hydrogen-bond acceptors (Lipinski definition) is 4. The first-order chi connectivity index (χ1) is 5.65. The summed E-state index contributed by atoms with van der Waals surface area (Å²) in [4.78, 5) is 7.33. The number of rotatable bonds is 2. The van der Waals surface area contributed by atoms with Gasteiger partial charge in [0, 0.05) is 6.20 Å². The first kappa shape index (κ1) is 9.18. The molecule has 1 aromatic rings. The van der Waals surface area contributed by atoms with Crippen LogP contribution in [-0.2, 0) is 0 Å². The maximum atomic E-state index is 12.1. The molecule has 1 rings (SSSR count). The third-order valence-corrected chi connectivity index (χ3v) is 1.81. The zero-order chi connectivity index (χ0) is 9.14. The summed E-state index contributed by atoms with van der Waals surface area (Å²) in [5.41, 5.74) is 4.94. The largest absolute Gasteiger partial charge is 0.383 e. The molecule has 0 aliphatic carbocycles. The normalized spacial score (nSPS) is 10.7. The molecule has 0 bridgehead atoms. The molecule has 0 aliphatic rings. The molecule has 0 fully saturated rings. The fraction of sp³-hybridized carbons (Fsp3) is 0.333. The molecule has 1 heterocycles. The van der Waals surface area contributed by atoms with E-state index in [4.69, 9.17) is 5.73 Å². The number of halogens is 2. The quantitative estimate of drug-likeness (QED) is 0.571. The summed E-state index contributed by atoms with van der Waals surface area (Å²) in [7, 11) is 0. The maximum absolute atomic E-state index is 12.1. The van der Waals surface area contributed by atoms with E-state index in [-0.39, 0.29) is 11.4 Å². The minimum Gasteiger partial charge on any atom is -0.383 e. The Kier molecular flexibility index (Phi) is 2.80. The molecule has 0 aromatic carbocycles. The van der Waals surface area contributed by atoms with Crippen LogP contribution in [0.1, 0.15) is 12.0 Å². The standard InChI is InChI=1S/C6H7F2N3S/c1-12-6-10-2-3(4(7)8)5(9)11-6/h2,4H,1H3,(H2,9,10,11). The van der Waals surface area contributed by atoms with Crippen LogP contribution in [0.5, 0.6) is 0 Å². The van der Waals surface area contributed by atoms with Gasteiger partial charge in [-0.3, -0.25) is 0 Å². The van der Waals surface area contributed by atoms with Crippen molar-refractivity contribution in [3.8, 4) is 0 Å². The third-order valence-electron chi connectivity index (χ3n) is 1.24. The Morgan fingerprint density at radius 1 is 1.58 bits per heavy atom. The van der Waals surface area contributed by atoms with Crippen molar-refractivity contribution in [2.45, 2.75) is 11.6 Å². The molecule has 1 aromatic heterocycles. The molecule has 0 atom stereocenters. The lowest BCUT2D eigenvalue weighted by molar-refractivity contribution is 0.151. The average Bonchev–Trinajstić information content (AvgIpc) is 2.03. The highest BCUT2D eigenvalue weighted by molar-refractivity contribution is 7.98. The Labute approximate surface area is 72.4 Å². The van der Waals surface area contributed by atoms with Crippen molar-refractivity contribution in [3.63, 3.8) is 0 Å². The number of nitrogen functional groups attached to an aromatic ring is 1. The van der Waals surface area contributed by atoms with Gasteiger partial charge in [-0.1, -0.05) is 11.8 Å². The van der Waals surface area contributed by atoms with Crippen LogP contribution in [0.2, 0.25) is 0 Å². The molecule has 0 aliphatic heterocycles. The molecule has 0 unspecified atom stereocenters. The lowest BCUT2D eigenvalue weighted by Gasteiger charge is -2.02. The lowest BCUT2D eigenvalue weighted by Crippen LogP contribution is -2.00. The van der Waals surface area contributed by atoms with E-state index >= 15 is 0 Å². The molecule has 66 valence electrons. The van der Waals surface area contributed by atoms with Gasteiger partial charge in [0.05, 0.1) is 5.56 Å². The summed E-state index contributed by atoms with van der Waals surface area (Å²) in [6.07, 6.45) is 0.191. The second kappa shape index (κ2) is 3.66. The van der Waals surface area contributed by atoms with Gasteiger partial charge >= 0.3 is 0 Å². The Hall–Kier alpha value is -0.910. The second-order valence-electron chi connectivity index (χ2n) is 2.00. The molecular formula is C6H7F2N3S. The van der Waals surface area contributed by atoms with Crippen molar-refractivity contribution < 1.29 is 8.78 Å². The molecule has 0 saturated heterocycles. The molecular weight excluding hydrogens is 184 g/mol. The lowest BCUT2D eigenvalue weighted by atomic mass is 10.3. The molecule has 3 nitrogen and oxygen atoms in total. The third kappa shape index (κ3) is 1.82. The summed E-state index contributed by atoms with van der Waals surface area (Å²) in [5, 5.41) is 0.400. The predicted octanol–water partition coefficient (Wildman–Crippen LogP) is 1.72. The molecule has 2 N–H and O–H groups in total. The van der Waals surface area contributed by atoms with Crippen molar-refractivity contribution in [2.24, 2.45) is 0 Å². The Morgan fingerprint density at radius 3 is 2.67 bits per heavy atom. The minimum absolute atomic E-state index is 0.149. The zero-order valence-corrected chi connectivity index (χ0v) is 7.11. The number of nitrogens with two attached hydrogens (primary N) is 1. The monoisotopic (exact) mass is 191 g/mol. The van der Waals surface area contributed by atoms with Gasteiger partial charge in [-0.05, 0) is 6.26 Å². The first-order valence-electron chi connectivity index (χ1n) is 3.09. The Balaban J connectivity index is 3.03. The summed E-state index contributed by atoms with van der Waals surface area (Å²) in [6.45, 7) is 0. The first-order valence-corrected chi connectivity index (χ1v) is 4.32. The van der Waals surface area contributed by atoms with Crippen LogP contribution in [-0.4, -0.2) is 16.2 Å². The second-order valence-corrected chi connectivity index (χ2v) is 2.77. The van der Waals surface area contributed by atoms with Gasteiger partial charge in [-0.2, -0.15) is 0 Å². The fourth-order valence-corrected chi connectivity index (χ4v) is 1.00. The van der Waals surface area contributed by atoms with E-state index in [1.165, 1.54) is 11.8 Å². The summed E-state index contributed by atoms with van der Waals surface area (Å²) in [5.74, 6) is -0.149. The highest BCUT2D eigenvalue weighted by Crippen LogP contribution is 2.23. The van der Waals surface area contributed by atoms with Crippen molar-refractivity contribution in [1.82, 2.24) is 9.97 Å². The van der Waals surface area contributed by atoms with Crippen molar-refractivity contribution in [3.05, 3.63) is 11.8 Å². The Morgan fingerprint density at radius 2 is 2.25 bits per heavy atom. The van der Waals surface area contributed by atoms with E-state index in [0.717, 1.165) is 6.20 Å². The van der Waals surface area contributed by atoms with Crippen LogP contribution in [0.3, 0.4) is 0 Å². The number of alkyl halides is 2. The van der Waals surface area contributed by atoms with E-state index in [1.807, 2.05) is 0 Å². The average molecular weight is 191 g/mol. The van der Waals surface area contributed by atoms with Gasteiger partial charge < -0.3 is 5.73 Å². The molecule has 12 heavy (non-hydrogen) atoms. The molecule has 6 heteroatoms. The van der Waals surface area contributed by atoms with Crippen LogP contribution < -0.4 is 5.73 Å². The van der Waals surface area contributed by atoms with Crippen LogP contribution in [0.25, 0.3) is 0 Å². The number of nitrogens with zero attached hydrogens (tertiary/aromatic N) is 2. The van der Waals surface area contributed by atoms with E-state index in [2.05, 4.69) is 9.97 Å². The van der Waals surface area contributed by atoms with Crippen molar-refractivity contribution >= 4 is 17.6 Å². The zero-order valence-electron chi connectivity index (χ0n) is 6.29. The van der Waals surface area contributed by atoms with E-state index in [1.54, 1.807) is 6.26 Å². The Bertz CT molecular complexity index is 279. The highest BCUT2D eigenvalue weighted by Gasteiger charge is 2.12. The van der Waals surface area contributed by atoms with Gasteiger partial charge in [-0.15, -0.1) is 0 Å². The minimum atomic E-state index is -2.61. The van der Waals surface area contributed by atoms with Crippen LogP contribution >= 0.6 is 11.8 Å². The van der Waals surface area contributed by atoms with Gasteiger partial charge in [-0.25, -0.2) is 18.7 Å². The predicted molar refractivity (Wildman–Crippen MR) is 43.2 cm³/mol. The van der Waals surface area contributed by atoms with Crippen molar-refractivity contribution in [1.29, 1.82) is 0 Å². The van der Waals surface area contributed by atoms with Gasteiger partial charge in [0.1, 0.15) is 5.82 Å². The van der Waals surface area contributed by atoms with Gasteiger partial charge in [0.2, 0.25) is 0 Å². The van der Waals surface area contributed by atoms with Crippen LogP contribution in [0.4, 0.5) is 14.6 Å². The number of hydrogen-bond donors (Lipinski definition) is 1. The topological polar surface area (TPSA) is 51.8 Å². The van der Waals surface area contributed by atoms with Gasteiger partial charge in [0.15, 0.2) is 5.16 Å². The summed E-state index contributed by atoms with van der Waals surface area (Å²) >= 11 is 1.26.